The van der Waals surface area contributed by atoms with Gasteiger partial charge in [0.05, 0.1) is 35.7 Å². The monoisotopic (exact) mass is 756 g/mol. The lowest BCUT2D eigenvalue weighted by molar-refractivity contribution is 0.415. The molecule has 0 aliphatic carbocycles. The van der Waals surface area contributed by atoms with Crippen molar-refractivity contribution < 1.29 is 9.47 Å². The van der Waals surface area contributed by atoms with Crippen LogP contribution < -0.4 is 20.1 Å². The van der Waals surface area contributed by atoms with Gasteiger partial charge in [0.1, 0.15) is 22.3 Å². The van der Waals surface area contributed by atoms with Gasteiger partial charge in [-0.05, 0) is 60.5 Å². The summed E-state index contributed by atoms with van der Waals surface area (Å²) in [6.45, 7) is 0. The van der Waals surface area contributed by atoms with Crippen LogP contribution in [0.15, 0.2) is 140 Å². The van der Waals surface area contributed by atoms with Gasteiger partial charge < -0.3 is 20.1 Å². The van der Waals surface area contributed by atoms with Gasteiger partial charge in [0.2, 0.25) is 11.9 Å². The van der Waals surface area contributed by atoms with E-state index in [-0.39, 0.29) is 0 Å². The summed E-state index contributed by atoms with van der Waals surface area (Å²) in [6, 6.07) is 43.9. The molecule has 0 saturated carbocycles. The number of benzene rings is 5. The molecule has 0 unspecified atom stereocenters. The summed E-state index contributed by atoms with van der Waals surface area (Å²) in [5.74, 6) is 8.34. The Bertz CT molecular complexity index is 2370. The first-order valence-electron chi connectivity index (χ1n) is 16.2. The lowest BCUT2D eigenvalue weighted by Gasteiger charge is -2.10. The standard InChI is InChI=1S/C25H18ClN3O.C17H13Cl2N3O/c1-30-24-15-14-20(16-22(24)26)27-25-28-21(13-12-18-8-4-2-5-9-18)17-23(29-25)19-10-6-3-7-11-19;1-23-15-8-7-12(9-13(15)18)20-17-21-14(10-16(19)22-17)11-5-3-2-4-6-11/h2-11,14-17H,1H3,(H,27,28,29);2-10H,1H3,(H,20,21,22). The molecule has 0 radical (unpaired) electrons. The van der Waals surface area contributed by atoms with Crippen LogP contribution in [0.1, 0.15) is 11.3 Å². The quantitative estimate of drug-likeness (QED) is 0.117. The van der Waals surface area contributed by atoms with E-state index in [1.807, 2.05) is 109 Å². The SMILES string of the molecule is COc1ccc(Nc2nc(C#Cc3ccccc3)cc(-c3ccccc3)n2)cc1Cl.COc1ccc(Nc2nc(Cl)cc(-c3ccccc3)n2)cc1Cl. The number of halogens is 3. The van der Waals surface area contributed by atoms with E-state index in [9.17, 15) is 0 Å². The van der Waals surface area contributed by atoms with Gasteiger partial charge in [-0.15, -0.1) is 0 Å². The average molecular weight is 758 g/mol. The van der Waals surface area contributed by atoms with Gasteiger partial charge in [0.25, 0.3) is 0 Å². The van der Waals surface area contributed by atoms with Crippen molar-refractivity contribution in [3.8, 4) is 45.9 Å². The molecule has 0 aliphatic heterocycles. The zero-order valence-corrected chi connectivity index (χ0v) is 30.8. The number of nitrogens with one attached hydrogen (secondary N) is 2. The summed E-state index contributed by atoms with van der Waals surface area (Å²) < 4.78 is 10.3. The second-order valence-electron chi connectivity index (χ2n) is 11.2. The highest BCUT2D eigenvalue weighted by Gasteiger charge is 2.10. The highest BCUT2D eigenvalue weighted by molar-refractivity contribution is 6.32. The van der Waals surface area contributed by atoms with Crippen molar-refractivity contribution in [1.82, 2.24) is 19.9 Å². The van der Waals surface area contributed by atoms with Crippen LogP contribution in [-0.2, 0) is 0 Å². The minimum Gasteiger partial charge on any atom is -0.495 e. The van der Waals surface area contributed by atoms with Crippen molar-refractivity contribution in [1.29, 1.82) is 0 Å². The predicted octanol–water partition coefficient (Wildman–Crippen LogP) is 11.2. The number of anilines is 4. The summed E-state index contributed by atoms with van der Waals surface area (Å²) in [4.78, 5) is 17.9. The zero-order valence-electron chi connectivity index (χ0n) is 28.5. The van der Waals surface area contributed by atoms with E-state index in [1.165, 1.54) is 0 Å². The minimum absolute atomic E-state index is 0.362. The first-order chi connectivity index (χ1) is 25.9. The fourth-order valence-electron chi connectivity index (χ4n) is 4.96. The van der Waals surface area contributed by atoms with E-state index in [2.05, 4.69) is 42.4 Å². The van der Waals surface area contributed by atoms with Crippen LogP contribution in [-0.4, -0.2) is 34.2 Å². The van der Waals surface area contributed by atoms with Gasteiger partial charge in [-0.1, -0.05) is 120 Å². The topological polar surface area (TPSA) is 94.1 Å². The predicted molar refractivity (Wildman–Crippen MR) is 215 cm³/mol. The maximum Gasteiger partial charge on any atom is 0.229 e. The average Bonchev–Trinajstić information content (AvgIpc) is 3.18. The van der Waals surface area contributed by atoms with Crippen molar-refractivity contribution in [2.75, 3.05) is 24.9 Å². The molecule has 8 nitrogen and oxygen atoms in total. The van der Waals surface area contributed by atoms with E-state index in [1.54, 1.807) is 44.6 Å². The molecule has 2 aromatic heterocycles. The molecule has 7 aromatic rings. The summed E-state index contributed by atoms with van der Waals surface area (Å²) in [5, 5.41) is 7.69. The lowest BCUT2D eigenvalue weighted by atomic mass is 10.1. The summed E-state index contributed by atoms with van der Waals surface area (Å²) in [6.07, 6.45) is 0. The highest BCUT2D eigenvalue weighted by Crippen LogP contribution is 2.30. The number of aromatic nitrogens is 4. The van der Waals surface area contributed by atoms with E-state index in [0.29, 0.717) is 44.3 Å². The highest BCUT2D eigenvalue weighted by atomic mass is 35.5. The van der Waals surface area contributed by atoms with Crippen LogP contribution in [0.2, 0.25) is 15.2 Å². The van der Waals surface area contributed by atoms with Gasteiger partial charge in [0, 0.05) is 34.1 Å². The molecular weight excluding hydrogens is 727 g/mol. The zero-order chi connectivity index (χ0) is 37.0. The molecule has 7 rings (SSSR count). The number of rotatable bonds is 8. The van der Waals surface area contributed by atoms with E-state index >= 15 is 0 Å². The Hall–Kier alpha value is -6.11. The van der Waals surface area contributed by atoms with Gasteiger partial charge in [0.15, 0.2) is 0 Å². The molecule has 0 amide bonds. The molecule has 0 atom stereocenters. The molecule has 11 heteroatoms. The number of hydrogen-bond donors (Lipinski definition) is 2. The molecule has 0 aliphatic rings. The second-order valence-corrected chi connectivity index (χ2v) is 12.4. The van der Waals surface area contributed by atoms with E-state index < -0.39 is 0 Å². The van der Waals surface area contributed by atoms with Gasteiger partial charge >= 0.3 is 0 Å². The Labute approximate surface area is 322 Å². The maximum atomic E-state index is 6.24. The van der Waals surface area contributed by atoms with Crippen LogP contribution >= 0.6 is 34.8 Å². The van der Waals surface area contributed by atoms with Crippen molar-refractivity contribution in [2.24, 2.45) is 0 Å². The molecule has 53 heavy (non-hydrogen) atoms. The minimum atomic E-state index is 0.362. The van der Waals surface area contributed by atoms with Crippen molar-refractivity contribution in [2.45, 2.75) is 0 Å². The number of methoxy groups -OCH3 is 2. The van der Waals surface area contributed by atoms with E-state index in [0.717, 1.165) is 39.5 Å². The van der Waals surface area contributed by atoms with Crippen molar-refractivity contribution >= 4 is 58.1 Å². The number of nitrogens with zero attached hydrogens (tertiary/aromatic N) is 4. The Balaban J connectivity index is 0.000000188. The molecule has 2 heterocycles. The molecule has 0 bridgehead atoms. The Morgan fingerprint density at radius 3 is 1.45 bits per heavy atom. The Morgan fingerprint density at radius 2 is 0.962 bits per heavy atom. The summed E-state index contributed by atoms with van der Waals surface area (Å²) in [5.41, 5.74) is 6.53. The first-order valence-corrected chi connectivity index (χ1v) is 17.3. The van der Waals surface area contributed by atoms with Gasteiger partial charge in [-0.25, -0.2) is 19.9 Å². The Morgan fingerprint density at radius 1 is 0.491 bits per heavy atom. The normalized spacial score (nSPS) is 10.2. The third kappa shape index (κ3) is 10.2. The van der Waals surface area contributed by atoms with Gasteiger partial charge in [-0.2, -0.15) is 0 Å². The van der Waals surface area contributed by atoms with Crippen LogP contribution in [0.25, 0.3) is 22.5 Å². The van der Waals surface area contributed by atoms with Crippen molar-refractivity contribution in [3.63, 3.8) is 0 Å². The molecule has 5 aromatic carbocycles. The smallest absolute Gasteiger partial charge is 0.229 e. The maximum absolute atomic E-state index is 6.24. The second kappa shape index (κ2) is 17.9. The fourth-order valence-corrected chi connectivity index (χ4v) is 5.66. The van der Waals surface area contributed by atoms with E-state index in [4.69, 9.17) is 44.3 Å². The van der Waals surface area contributed by atoms with Crippen molar-refractivity contribution in [3.05, 3.63) is 166 Å². The largest absolute Gasteiger partial charge is 0.495 e. The molecule has 2 N–H and O–H groups in total. The molecule has 0 saturated heterocycles. The van der Waals surface area contributed by atoms with Crippen LogP contribution in [0.5, 0.6) is 11.5 Å². The third-order valence-corrected chi connectivity index (χ3v) is 8.27. The van der Waals surface area contributed by atoms with Crippen LogP contribution in [0.4, 0.5) is 23.3 Å². The third-order valence-electron chi connectivity index (χ3n) is 7.48. The molecule has 0 fully saturated rings. The first kappa shape index (κ1) is 36.7. The van der Waals surface area contributed by atoms with Crippen LogP contribution in [0.3, 0.4) is 0 Å². The number of hydrogen-bond acceptors (Lipinski definition) is 8. The Kier molecular flexibility index (Phi) is 12.4. The van der Waals surface area contributed by atoms with Gasteiger partial charge in [-0.3, -0.25) is 0 Å². The molecule has 0 spiro atoms. The molecular formula is C42H31Cl3N6O2. The summed E-state index contributed by atoms with van der Waals surface area (Å²) in [7, 11) is 3.15. The number of ether oxygens (including phenoxy) is 2. The fraction of sp³-hybridized carbons (Fsp3) is 0.0476. The van der Waals surface area contributed by atoms with Crippen LogP contribution in [0, 0.1) is 11.8 Å². The molecule has 262 valence electrons. The summed E-state index contributed by atoms with van der Waals surface area (Å²) >= 11 is 18.5. The lowest BCUT2D eigenvalue weighted by Crippen LogP contribution is -2.01.